The Morgan fingerprint density at radius 2 is 2.00 bits per heavy atom. The molecule has 0 spiro atoms. The highest BCUT2D eigenvalue weighted by Gasteiger charge is 2.28. The van der Waals surface area contributed by atoms with Crippen molar-refractivity contribution in [3.05, 3.63) is 17.0 Å². The monoisotopic (exact) mass is 250 g/mol. The molecule has 1 aliphatic heterocycles. The third-order valence-corrected chi connectivity index (χ3v) is 3.99. The number of aromatic nitrogens is 1. The molecule has 2 rings (SSSR count). The largest absolute Gasteiger partial charge is 0.361 e. The molecule has 1 aliphatic rings. The van der Waals surface area contributed by atoms with E-state index >= 15 is 0 Å². The topological polar surface area (TPSA) is 46.3 Å². The van der Waals surface area contributed by atoms with E-state index in [9.17, 15) is 4.79 Å². The Kier molecular flexibility index (Phi) is 3.73. The van der Waals surface area contributed by atoms with Crippen LogP contribution in [0.15, 0.2) is 4.52 Å². The number of piperidine rings is 1. The van der Waals surface area contributed by atoms with Crippen LogP contribution in [0.3, 0.4) is 0 Å². The Hall–Kier alpha value is -1.32. The summed E-state index contributed by atoms with van der Waals surface area (Å²) in [5.41, 5.74) is 1.79. The lowest BCUT2D eigenvalue weighted by Crippen LogP contribution is -2.40. The second-order valence-electron chi connectivity index (χ2n) is 5.47. The van der Waals surface area contributed by atoms with Crippen molar-refractivity contribution in [3.63, 3.8) is 0 Å². The minimum absolute atomic E-state index is 0.148. The van der Waals surface area contributed by atoms with Gasteiger partial charge in [0.05, 0.1) is 11.6 Å². The van der Waals surface area contributed by atoms with Crippen molar-refractivity contribution in [1.29, 1.82) is 0 Å². The second-order valence-corrected chi connectivity index (χ2v) is 5.47. The molecule has 1 aromatic rings. The standard InChI is InChI=1S/C14H22N2O2/c1-9-5-7-16(8-6-9)14(17)10(2)13-11(3)15-18-12(13)4/h9-10H,5-8H2,1-4H3/t10-/m1/s1. The van der Waals surface area contributed by atoms with Gasteiger partial charge in [-0.15, -0.1) is 0 Å². The highest BCUT2D eigenvalue weighted by molar-refractivity contribution is 5.83. The van der Waals surface area contributed by atoms with Gasteiger partial charge in [0.2, 0.25) is 5.91 Å². The van der Waals surface area contributed by atoms with Gasteiger partial charge in [0.15, 0.2) is 0 Å². The molecule has 4 nitrogen and oxygen atoms in total. The quantitative estimate of drug-likeness (QED) is 0.810. The molecule has 0 N–H and O–H groups in total. The fourth-order valence-electron chi connectivity index (χ4n) is 2.73. The molecule has 0 aliphatic carbocycles. The van der Waals surface area contributed by atoms with Gasteiger partial charge in [-0.1, -0.05) is 12.1 Å². The molecule has 100 valence electrons. The maximum atomic E-state index is 12.5. The van der Waals surface area contributed by atoms with Crippen LogP contribution in [-0.4, -0.2) is 29.1 Å². The molecule has 18 heavy (non-hydrogen) atoms. The molecule has 1 aromatic heterocycles. The summed E-state index contributed by atoms with van der Waals surface area (Å²) in [5, 5.41) is 3.93. The number of hydrogen-bond acceptors (Lipinski definition) is 3. The first-order valence-corrected chi connectivity index (χ1v) is 6.72. The number of aryl methyl sites for hydroxylation is 2. The minimum atomic E-state index is -0.148. The highest BCUT2D eigenvalue weighted by atomic mass is 16.5. The summed E-state index contributed by atoms with van der Waals surface area (Å²) in [6.07, 6.45) is 2.22. The highest BCUT2D eigenvalue weighted by Crippen LogP contribution is 2.26. The average molecular weight is 250 g/mol. The average Bonchev–Trinajstić information content (AvgIpc) is 2.68. The Bertz CT molecular complexity index is 412. The van der Waals surface area contributed by atoms with Crippen LogP contribution in [0.2, 0.25) is 0 Å². The van der Waals surface area contributed by atoms with E-state index in [0.717, 1.165) is 48.9 Å². The predicted molar refractivity (Wildman–Crippen MR) is 69.4 cm³/mol. The summed E-state index contributed by atoms with van der Waals surface area (Å²) in [5.74, 6) is 1.56. The van der Waals surface area contributed by atoms with Gasteiger partial charge in [0.25, 0.3) is 0 Å². The van der Waals surface area contributed by atoms with Crippen molar-refractivity contribution in [2.24, 2.45) is 5.92 Å². The summed E-state index contributed by atoms with van der Waals surface area (Å²) < 4.78 is 5.15. The van der Waals surface area contributed by atoms with E-state index in [0.29, 0.717) is 0 Å². The van der Waals surface area contributed by atoms with E-state index in [2.05, 4.69) is 12.1 Å². The number of likely N-dealkylation sites (tertiary alicyclic amines) is 1. The minimum Gasteiger partial charge on any atom is -0.361 e. The Morgan fingerprint density at radius 3 is 2.50 bits per heavy atom. The van der Waals surface area contributed by atoms with Crippen LogP contribution < -0.4 is 0 Å². The molecular weight excluding hydrogens is 228 g/mol. The van der Waals surface area contributed by atoms with E-state index in [1.54, 1.807) is 0 Å². The molecule has 0 aromatic carbocycles. The summed E-state index contributed by atoms with van der Waals surface area (Å²) in [6, 6.07) is 0. The molecule has 1 atom stereocenters. The van der Waals surface area contributed by atoms with Crippen LogP contribution in [0.25, 0.3) is 0 Å². The Morgan fingerprint density at radius 1 is 1.39 bits per heavy atom. The first-order chi connectivity index (χ1) is 8.50. The van der Waals surface area contributed by atoms with E-state index in [1.807, 2.05) is 25.7 Å². The van der Waals surface area contributed by atoms with Gasteiger partial charge >= 0.3 is 0 Å². The van der Waals surface area contributed by atoms with Crippen molar-refractivity contribution in [1.82, 2.24) is 10.1 Å². The fourth-order valence-corrected chi connectivity index (χ4v) is 2.73. The second kappa shape index (κ2) is 5.12. The predicted octanol–water partition coefficient (Wildman–Crippen LogP) is 2.65. The SMILES string of the molecule is Cc1noc(C)c1[C@@H](C)C(=O)N1CCC(C)CC1. The van der Waals surface area contributed by atoms with Gasteiger partial charge in [-0.25, -0.2) is 0 Å². The maximum Gasteiger partial charge on any atom is 0.230 e. The van der Waals surface area contributed by atoms with Gasteiger partial charge in [-0.2, -0.15) is 0 Å². The summed E-state index contributed by atoms with van der Waals surface area (Å²) in [4.78, 5) is 14.4. The van der Waals surface area contributed by atoms with Gasteiger partial charge in [0, 0.05) is 18.7 Å². The number of carbonyl (C=O) groups excluding carboxylic acids is 1. The summed E-state index contributed by atoms with van der Waals surface area (Å²) >= 11 is 0. The maximum absolute atomic E-state index is 12.5. The number of hydrogen-bond donors (Lipinski definition) is 0. The van der Waals surface area contributed by atoms with Crippen LogP contribution in [0.5, 0.6) is 0 Å². The molecule has 0 unspecified atom stereocenters. The van der Waals surface area contributed by atoms with Crippen LogP contribution in [0.1, 0.15) is 49.6 Å². The third kappa shape index (κ3) is 2.42. The van der Waals surface area contributed by atoms with Gasteiger partial charge < -0.3 is 9.42 Å². The van der Waals surface area contributed by atoms with Crippen molar-refractivity contribution in [2.45, 2.75) is 46.5 Å². The molecule has 0 radical (unpaired) electrons. The molecule has 2 heterocycles. The van der Waals surface area contributed by atoms with Crippen molar-refractivity contribution in [3.8, 4) is 0 Å². The first-order valence-electron chi connectivity index (χ1n) is 6.72. The first kappa shape index (κ1) is 13.1. The van der Waals surface area contributed by atoms with E-state index in [-0.39, 0.29) is 11.8 Å². The number of carbonyl (C=O) groups is 1. The molecule has 1 saturated heterocycles. The third-order valence-electron chi connectivity index (χ3n) is 3.99. The number of rotatable bonds is 2. The fraction of sp³-hybridized carbons (Fsp3) is 0.714. The lowest BCUT2D eigenvalue weighted by molar-refractivity contribution is -0.133. The van der Waals surface area contributed by atoms with Crippen LogP contribution >= 0.6 is 0 Å². The zero-order valence-corrected chi connectivity index (χ0v) is 11.7. The van der Waals surface area contributed by atoms with Gasteiger partial charge in [-0.05, 0) is 39.5 Å². The normalized spacial score (nSPS) is 19.0. The Labute approximate surface area is 108 Å². The number of amides is 1. The van der Waals surface area contributed by atoms with Crippen molar-refractivity contribution < 1.29 is 9.32 Å². The van der Waals surface area contributed by atoms with Gasteiger partial charge in [-0.3, -0.25) is 4.79 Å². The molecular formula is C14H22N2O2. The zero-order chi connectivity index (χ0) is 13.3. The van der Waals surface area contributed by atoms with Crippen molar-refractivity contribution >= 4 is 5.91 Å². The molecule has 1 fully saturated rings. The summed E-state index contributed by atoms with van der Waals surface area (Å²) in [6.45, 7) is 9.74. The lowest BCUT2D eigenvalue weighted by atomic mass is 9.94. The summed E-state index contributed by atoms with van der Waals surface area (Å²) in [7, 11) is 0. The molecule has 0 saturated carbocycles. The van der Waals surface area contributed by atoms with Crippen LogP contribution in [-0.2, 0) is 4.79 Å². The van der Waals surface area contributed by atoms with E-state index in [4.69, 9.17) is 4.52 Å². The molecule has 1 amide bonds. The lowest BCUT2D eigenvalue weighted by Gasteiger charge is -2.32. The smallest absolute Gasteiger partial charge is 0.230 e. The van der Waals surface area contributed by atoms with Crippen LogP contribution in [0, 0.1) is 19.8 Å². The zero-order valence-electron chi connectivity index (χ0n) is 11.7. The Balaban J connectivity index is 2.09. The van der Waals surface area contributed by atoms with Crippen molar-refractivity contribution in [2.75, 3.05) is 13.1 Å². The van der Waals surface area contributed by atoms with E-state index < -0.39 is 0 Å². The molecule has 0 bridgehead atoms. The molecule has 4 heteroatoms. The van der Waals surface area contributed by atoms with E-state index in [1.165, 1.54) is 0 Å². The van der Waals surface area contributed by atoms with Crippen LogP contribution in [0.4, 0.5) is 0 Å². The van der Waals surface area contributed by atoms with Gasteiger partial charge in [0.1, 0.15) is 5.76 Å². The number of nitrogens with zero attached hydrogens (tertiary/aromatic N) is 2.